The normalized spacial score (nSPS) is 13.7. The number of hydrogen-bond donors (Lipinski definition) is 3. The van der Waals surface area contributed by atoms with Crippen molar-refractivity contribution in [2.45, 2.75) is 38.1 Å². The fourth-order valence-corrected chi connectivity index (χ4v) is 4.06. The summed E-state index contributed by atoms with van der Waals surface area (Å²) in [5.74, 6) is 0.636. The van der Waals surface area contributed by atoms with Crippen LogP contribution < -0.4 is 10.6 Å². The van der Waals surface area contributed by atoms with Crippen molar-refractivity contribution in [1.82, 2.24) is 10.6 Å². The smallest absolute Gasteiger partial charge is 0.407 e. The van der Waals surface area contributed by atoms with Crippen molar-refractivity contribution in [2.24, 2.45) is 5.92 Å². The Hall–Kier alpha value is -3.79. The first-order chi connectivity index (χ1) is 15.9. The molecule has 2 unspecified atom stereocenters. The quantitative estimate of drug-likeness (QED) is 0.482. The summed E-state index contributed by atoms with van der Waals surface area (Å²) in [5.41, 5.74) is 4.63. The third-order valence-corrected chi connectivity index (χ3v) is 5.74. The van der Waals surface area contributed by atoms with E-state index in [4.69, 9.17) is 16.3 Å². The molecule has 2 atom stereocenters. The van der Waals surface area contributed by atoms with Gasteiger partial charge in [-0.2, -0.15) is 0 Å². The Morgan fingerprint density at radius 2 is 1.70 bits per heavy atom. The highest BCUT2D eigenvalue weighted by Crippen LogP contribution is 2.44. The van der Waals surface area contributed by atoms with E-state index < -0.39 is 18.1 Å². The van der Waals surface area contributed by atoms with Gasteiger partial charge in [-0.05, 0) is 34.6 Å². The molecule has 0 aliphatic heterocycles. The van der Waals surface area contributed by atoms with E-state index in [1.165, 1.54) is 11.1 Å². The molecule has 7 nitrogen and oxygen atoms in total. The van der Waals surface area contributed by atoms with Gasteiger partial charge in [0.1, 0.15) is 12.6 Å². The van der Waals surface area contributed by atoms with Gasteiger partial charge in [0, 0.05) is 25.3 Å². The molecule has 0 aromatic heterocycles. The van der Waals surface area contributed by atoms with Crippen molar-refractivity contribution < 1.29 is 24.2 Å². The second kappa shape index (κ2) is 11.2. The van der Waals surface area contributed by atoms with Crippen LogP contribution in [-0.2, 0) is 14.3 Å². The highest BCUT2D eigenvalue weighted by atomic mass is 16.5. The van der Waals surface area contributed by atoms with Crippen LogP contribution in [0.4, 0.5) is 4.79 Å². The molecule has 1 aliphatic rings. The molecule has 2 aromatic rings. The average Bonchev–Trinajstić information content (AvgIpc) is 3.11. The summed E-state index contributed by atoms with van der Waals surface area (Å²) in [5, 5.41) is 14.2. The molecule has 2 amide bonds. The lowest BCUT2D eigenvalue weighted by molar-refractivity contribution is -0.141. The zero-order valence-corrected chi connectivity index (χ0v) is 18.5. The Bertz CT molecular complexity index is 1010. The van der Waals surface area contributed by atoms with Crippen LogP contribution in [0, 0.1) is 18.3 Å². The standard InChI is InChI=1S/C26H28N2O5/c1-3-8-23(25(30)31)28-24(29)15-17(2)13-14-27-26(32)33-16-22-20-11-6-4-9-18(20)19-10-5-7-12-21(19)22/h1,4-7,9-12,17,22-23H,8,13-16H2,2H3,(H,27,32)(H,28,29)(H,30,31). The minimum absolute atomic E-state index is 0.00374. The molecule has 0 spiro atoms. The van der Waals surface area contributed by atoms with Crippen molar-refractivity contribution in [1.29, 1.82) is 0 Å². The van der Waals surface area contributed by atoms with Gasteiger partial charge in [0.2, 0.25) is 5.91 Å². The zero-order chi connectivity index (χ0) is 23.8. The molecule has 0 saturated heterocycles. The number of rotatable bonds is 10. The number of hydrogen-bond acceptors (Lipinski definition) is 4. The summed E-state index contributed by atoms with van der Waals surface area (Å²) >= 11 is 0. The van der Waals surface area contributed by atoms with E-state index in [2.05, 4.69) is 40.8 Å². The highest BCUT2D eigenvalue weighted by Gasteiger charge is 2.29. The Kier molecular flexibility index (Phi) is 8.09. The first kappa shape index (κ1) is 23.9. The second-order valence-corrected chi connectivity index (χ2v) is 8.22. The molecule has 0 radical (unpaired) electrons. The lowest BCUT2D eigenvalue weighted by Crippen LogP contribution is -2.41. The van der Waals surface area contributed by atoms with Gasteiger partial charge in [-0.25, -0.2) is 9.59 Å². The molecule has 33 heavy (non-hydrogen) atoms. The van der Waals surface area contributed by atoms with Gasteiger partial charge in [0.25, 0.3) is 0 Å². The zero-order valence-electron chi connectivity index (χ0n) is 18.5. The number of benzene rings is 2. The summed E-state index contributed by atoms with van der Waals surface area (Å²) in [4.78, 5) is 35.3. The average molecular weight is 449 g/mol. The predicted molar refractivity (Wildman–Crippen MR) is 124 cm³/mol. The Balaban J connectivity index is 1.42. The molecule has 172 valence electrons. The fourth-order valence-electron chi connectivity index (χ4n) is 4.06. The van der Waals surface area contributed by atoms with Gasteiger partial charge in [0.05, 0.1) is 0 Å². The number of carbonyl (C=O) groups is 3. The SMILES string of the molecule is C#CCC(NC(=O)CC(C)CCNC(=O)OCC1c2ccccc2-c2ccccc21)C(=O)O. The van der Waals surface area contributed by atoms with Gasteiger partial charge in [0.15, 0.2) is 0 Å². The van der Waals surface area contributed by atoms with Crippen molar-refractivity contribution in [3.05, 3.63) is 59.7 Å². The monoisotopic (exact) mass is 448 g/mol. The number of carboxylic acids is 1. The molecule has 0 fully saturated rings. The Morgan fingerprint density at radius 3 is 2.27 bits per heavy atom. The molecule has 2 aromatic carbocycles. The maximum Gasteiger partial charge on any atom is 0.407 e. The minimum Gasteiger partial charge on any atom is -0.480 e. The van der Waals surface area contributed by atoms with Gasteiger partial charge in [-0.1, -0.05) is 55.5 Å². The number of terminal acetylenes is 1. The largest absolute Gasteiger partial charge is 0.480 e. The van der Waals surface area contributed by atoms with Gasteiger partial charge in [-0.15, -0.1) is 12.3 Å². The number of aliphatic carboxylic acids is 1. The summed E-state index contributed by atoms with van der Waals surface area (Å²) in [6.45, 7) is 2.44. The number of carbonyl (C=O) groups excluding carboxylic acids is 2. The molecule has 0 bridgehead atoms. The number of nitrogens with one attached hydrogen (secondary N) is 2. The van der Waals surface area contributed by atoms with E-state index in [9.17, 15) is 14.4 Å². The van der Waals surface area contributed by atoms with Crippen LogP contribution in [0.3, 0.4) is 0 Å². The maximum atomic E-state index is 12.2. The summed E-state index contributed by atoms with van der Waals surface area (Å²) in [7, 11) is 0. The van der Waals surface area contributed by atoms with E-state index in [0.717, 1.165) is 11.1 Å². The van der Waals surface area contributed by atoms with Crippen LogP contribution in [0.2, 0.25) is 0 Å². The molecule has 1 aliphatic carbocycles. The first-order valence-corrected chi connectivity index (χ1v) is 10.9. The molecule has 0 saturated carbocycles. The van der Waals surface area contributed by atoms with Crippen molar-refractivity contribution >= 4 is 18.0 Å². The van der Waals surface area contributed by atoms with Crippen LogP contribution in [0.25, 0.3) is 11.1 Å². The highest BCUT2D eigenvalue weighted by molar-refractivity contribution is 5.84. The van der Waals surface area contributed by atoms with Crippen LogP contribution in [0.15, 0.2) is 48.5 Å². The third-order valence-electron chi connectivity index (χ3n) is 5.74. The summed E-state index contributed by atoms with van der Waals surface area (Å²) in [6, 6.07) is 15.2. The third kappa shape index (κ3) is 6.13. The van der Waals surface area contributed by atoms with E-state index in [1.54, 1.807) is 0 Å². The van der Waals surface area contributed by atoms with Gasteiger partial charge in [-0.3, -0.25) is 4.79 Å². The Labute approximate surface area is 193 Å². The van der Waals surface area contributed by atoms with Crippen molar-refractivity contribution in [2.75, 3.05) is 13.2 Å². The van der Waals surface area contributed by atoms with E-state index >= 15 is 0 Å². The number of alkyl carbamates (subject to hydrolysis) is 1. The van der Waals surface area contributed by atoms with Crippen LogP contribution in [0.1, 0.15) is 43.2 Å². The van der Waals surface area contributed by atoms with E-state index in [0.29, 0.717) is 13.0 Å². The predicted octanol–water partition coefficient (Wildman–Crippen LogP) is 3.53. The van der Waals surface area contributed by atoms with Crippen LogP contribution >= 0.6 is 0 Å². The van der Waals surface area contributed by atoms with Crippen LogP contribution in [0.5, 0.6) is 0 Å². The van der Waals surface area contributed by atoms with E-state index in [1.807, 2.05) is 31.2 Å². The minimum atomic E-state index is -1.16. The van der Waals surface area contributed by atoms with Crippen molar-refractivity contribution in [3.8, 4) is 23.5 Å². The second-order valence-electron chi connectivity index (χ2n) is 8.22. The molecule has 3 rings (SSSR count). The van der Waals surface area contributed by atoms with Crippen molar-refractivity contribution in [3.63, 3.8) is 0 Å². The summed E-state index contributed by atoms with van der Waals surface area (Å²) in [6.07, 6.45) is 5.24. The number of carboxylic acid groups (broad SMARTS) is 1. The maximum absolute atomic E-state index is 12.2. The van der Waals surface area contributed by atoms with Crippen LogP contribution in [-0.4, -0.2) is 42.3 Å². The summed E-state index contributed by atoms with van der Waals surface area (Å²) < 4.78 is 5.50. The van der Waals surface area contributed by atoms with E-state index in [-0.39, 0.29) is 37.2 Å². The van der Waals surface area contributed by atoms with Gasteiger partial charge >= 0.3 is 12.1 Å². The molecular weight excluding hydrogens is 420 g/mol. The molecule has 7 heteroatoms. The lowest BCUT2D eigenvalue weighted by atomic mass is 9.98. The number of amides is 2. The topological polar surface area (TPSA) is 105 Å². The molecular formula is C26H28N2O5. The fraction of sp³-hybridized carbons (Fsp3) is 0.346. The Morgan fingerprint density at radius 1 is 1.09 bits per heavy atom. The first-order valence-electron chi connectivity index (χ1n) is 10.9. The number of ether oxygens (including phenoxy) is 1. The lowest BCUT2D eigenvalue weighted by Gasteiger charge is -2.16. The van der Waals surface area contributed by atoms with Gasteiger partial charge < -0.3 is 20.5 Å². The molecule has 0 heterocycles. The molecule has 3 N–H and O–H groups in total. The number of fused-ring (bicyclic) bond motifs is 3.